The zero-order chi connectivity index (χ0) is 12.7. The molecule has 0 fully saturated rings. The van der Waals surface area contributed by atoms with Crippen LogP contribution in [0.15, 0.2) is 18.2 Å². The molecule has 0 bridgehead atoms. The number of anilines is 1. The second-order valence-corrected chi connectivity index (χ2v) is 3.49. The maximum absolute atomic E-state index is 13.3. The van der Waals surface area contributed by atoms with Gasteiger partial charge in [-0.1, -0.05) is 6.92 Å². The SMILES string of the molecule is CCCOCCOC(=O)c1cc(N)ccc1F. The Hall–Kier alpha value is -1.62. The Morgan fingerprint density at radius 1 is 1.35 bits per heavy atom. The van der Waals surface area contributed by atoms with Crippen LogP contribution in [0, 0.1) is 5.82 Å². The van der Waals surface area contributed by atoms with Crippen molar-refractivity contribution in [3.8, 4) is 0 Å². The highest BCUT2D eigenvalue weighted by atomic mass is 19.1. The maximum Gasteiger partial charge on any atom is 0.341 e. The van der Waals surface area contributed by atoms with Crippen molar-refractivity contribution in [3.63, 3.8) is 0 Å². The Labute approximate surface area is 99.5 Å². The molecule has 0 saturated heterocycles. The molecule has 1 aromatic rings. The van der Waals surface area contributed by atoms with Crippen LogP contribution in [0.4, 0.5) is 10.1 Å². The van der Waals surface area contributed by atoms with E-state index in [0.29, 0.717) is 18.9 Å². The van der Waals surface area contributed by atoms with Crippen LogP contribution in [0.25, 0.3) is 0 Å². The van der Waals surface area contributed by atoms with Gasteiger partial charge in [0, 0.05) is 12.3 Å². The summed E-state index contributed by atoms with van der Waals surface area (Å²) in [6.45, 7) is 3.01. The van der Waals surface area contributed by atoms with E-state index in [4.69, 9.17) is 15.2 Å². The van der Waals surface area contributed by atoms with Gasteiger partial charge in [0.2, 0.25) is 0 Å². The Morgan fingerprint density at radius 3 is 2.82 bits per heavy atom. The molecule has 0 amide bonds. The van der Waals surface area contributed by atoms with Gasteiger partial charge >= 0.3 is 5.97 Å². The molecule has 0 aromatic heterocycles. The highest BCUT2D eigenvalue weighted by Crippen LogP contribution is 2.13. The van der Waals surface area contributed by atoms with Crippen LogP contribution < -0.4 is 5.73 Å². The van der Waals surface area contributed by atoms with Gasteiger partial charge in [-0.15, -0.1) is 0 Å². The molecule has 0 aliphatic rings. The Balaban J connectivity index is 2.44. The van der Waals surface area contributed by atoms with Crippen molar-refractivity contribution in [2.75, 3.05) is 25.6 Å². The summed E-state index contributed by atoms with van der Waals surface area (Å²) in [6.07, 6.45) is 0.901. The lowest BCUT2D eigenvalue weighted by atomic mass is 10.2. The molecule has 2 N–H and O–H groups in total. The molecule has 94 valence electrons. The molecule has 0 unspecified atom stereocenters. The number of rotatable bonds is 6. The number of halogens is 1. The molecule has 0 radical (unpaired) electrons. The van der Waals surface area contributed by atoms with Gasteiger partial charge in [-0.25, -0.2) is 9.18 Å². The smallest absolute Gasteiger partial charge is 0.341 e. The van der Waals surface area contributed by atoms with Crippen LogP contribution in [-0.4, -0.2) is 25.8 Å². The fourth-order valence-electron chi connectivity index (χ4n) is 1.22. The normalized spacial score (nSPS) is 10.2. The Bertz CT molecular complexity index is 382. The van der Waals surface area contributed by atoms with Gasteiger partial charge in [-0.2, -0.15) is 0 Å². The van der Waals surface area contributed by atoms with Gasteiger partial charge in [0.1, 0.15) is 12.4 Å². The highest BCUT2D eigenvalue weighted by Gasteiger charge is 2.13. The average molecular weight is 241 g/mol. The highest BCUT2D eigenvalue weighted by molar-refractivity contribution is 5.90. The number of ether oxygens (including phenoxy) is 2. The first kappa shape index (κ1) is 13.4. The summed E-state index contributed by atoms with van der Waals surface area (Å²) in [4.78, 5) is 11.5. The largest absolute Gasteiger partial charge is 0.460 e. The van der Waals surface area contributed by atoms with Crippen molar-refractivity contribution in [3.05, 3.63) is 29.6 Å². The lowest BCUT2D eigenvalue weighted by Crippen LogP contribution is -2.12. The van der Waals surface area contributed by atoms with Gasteiger partial charge in [-0.3, -0.25) is 0 Å². The molecule has 4 nitrogen and oxygen atoms in total. The van der Waals surface area contributed by atoms with Crippen molar-refractivity contribution in [2.24, 2.45) is 0 Å². The quantitative estimate of drug-likeness (QED) is 0.470. The van der Waals surface area contributed by atoms with E-state index in [-0.39, 0.29) is 12.2 Å². The number of carbonyl (C=O) groups is 1. The number of hydrogen-bond donors (Lipinski definition) is 1. The Morgan fingerprint density at radius 2 is 2.12 bits per heavy atom. The lowest BCUT2D eigenvalue weighted by Gasteiger charge is -2.06. The first-order valence-electron chi connectivity index (χ1n) is 5.45. The number of carbonyl (C=O) groups excluding carboxylic acids is 1. The number of benzene rings is 1. The van der Waals surface area contributed by atoms with Gasteiger partial charge in [0.25, 0.3) is 0 Å². The second kappa shape index (κ2) is 6.85. The molecule has 1 rings (SSSR count). The second-order valence-electron chi connectivity index (χ2n) is 3.49. The first-order valence-corrected chi connectivity index (χ1v) is 5.45. The van der Waals surface area contributed by atoms with Crippen molar-refractivity contribution >= 4 is 11.7 Å². The van der Waals surface area contributed by atoms with Crippen LogP contribution in [0.5, 0.6) is 0 Å². The first-order chi connectivity index (χ1) is 8.15. The Kier molecular flexibility index (Phi) is 5.42. The minimum atomic E-state index is -0.727. The van der Waals surface area contributed by atoms with Crippen molar-refractivity contribution in [1.82, 2.24) is 0 Å². The third kappa shape index (κ3) is 4.40. The van der Waals surface area contributed by atoms with Crippen LogP contribution in [0.2, 0.25) is 0 Å². The lowest BCUT2D eigenvalue weighted by molar-refractivity contribution is 0.0314. The molecule has 0 aliphatic heterocycles. The van der Waals surface area contributed by atoms with Crippen molar-refractivity contribution < 1.29 is 18.7 Å². The monoisotopic (exact) mass is 241 g/mol. The van der Waals surface area contributed by atoms with E-state index >= 15 is 0 Å². The molecule has 5 heteroatoms. The minimum Gasteiger partial charge on any atom is -0.460 e. The predicted molar refractivity (Wildman–Crippen MR) is 62.2 cm³/mol. The molecule has 0 aliphatic carbocycles. The van der Waals surface area contributed by atoms with Crippen molar-refractivity contribution in [1.29, 1.82) is 0 Å². The summed E-state index contributed by atoms with van der Waals surface area (Å²) >= 11 is 0. The summed E-state index contributed by atoms with van der Waals surface area (Å²) in [7, 11) is 0. The molecular weight excluding hydrogens is 225 g/mol. The van der Waals surface area contributed by atoms with Gasteiger partial charge in [0.05, 0.1) is 12.2 Å². The standard InChI is InChI=1S/C12H16FNO3/c1-2-5-16-6-7-17-12(15)10-8-9(14)3-4-11(10)13/h3-4,8H,2,5-7,14H2,1H3. The summed E-state index contributed by atoms with van der Waals surface area (Å²) in [6, 6.07) is 3.78. The van der Waals surface area contributed by atoms with E-state index in [2.05, 4.69) is 0 Å². The predicted octanol–water partition coefficient (Wildman–Crippen LogP) is 1.99. The summed E-state index contributed by atoms with van der Waals surface area (Å²) < 4.78 is 23.2. The molecule has 0 heterocycles. The summed E-state index contributed by atoms with van der Waals surface area (Å²) in [5.41, 5.74) is 5.63. The van der Waals surface area contributed by atoms with E-state index in [1.54, 1.807) is 0 Å². The topological polar surface area (TPSA) is 61.5 Å². The van der Waals surface area contributed by atoms with Gasteiger partial charge in [0.15, 0.2) is 0 Å². The number of esters is 1. The zero-order valence-corrected chi connectivity index (χ0v) is 9.74. The molecular formula is C12H16FNO3. The fraction of sp³-hybridized carbons (Fsp3) is 0.417. The van der Waals surface area contributed by atoms with E-state index in [1.807, 2.05) is 6.92 Å². The molecule has 1 aromatic carbocycles. The van der Waals surface area contributed by atoms with Crippen LogP contribution in [0.1, 0.15) is 23.7 Å². The third-order valence-corrected chi connectivity index (χ3v) is 2.02. The molecule has 0 spiro atoms. The van der Waals surface area contributed by atoms with Crippen LogP contribution >= 0.6 is 0 Å². The fourth-order valence-corrected chi connectivity index (χ4v) is 1.22. The van der Waals surface area contributed by atoms with Crippen molar-refractivity contribution in [2.45, 2.75) is 13.3 Å². The number of nitrogens with two attached hydrogens (primary N) is 1. The van der Waals surface area contributed by atoms with E-state index in [0.717, 1.165) is 12.5 Å². The molecule has 17 heavy (non-hydrogen) atoms. The van der Waals surface area contributed by atoms with Gasteiger partial charge < -0.3 is 15.2 Å². The van der Waals surface area contributed by atoms with Gasteiger partial charge in [-0.05, 0) is 24.6 Å². The van der Waals surface area contributed by atoms with E-state index < -0.39 is 11.8 Å². The molecule has 0 atom stereocenters. The van der Waals surface area contributed by atoms with E-state index in [1.165, 1.54) is 12.1 Å². The van der Waals surface area contributed by atoms with Crippen LogP contribution in [0.3, 0.4) is 0 Å². The average Bonchev–Trinajstić information content (AvgIpc) is 2.32. The summed E-state index contributed by atoms with van der Waals surface area (Å²) in [5, 5.41) is 0. The maximum atomic E-state index is 13.3. The summed E-state index contributed by atoms with van der Waals surface area (Å²) in [5.74, 6) is -1.37. The molecule has 0 saturated carbocycles. The number of nitrogen functional groups attached to an aromatic ring is 1. The van der Waals surface area contributed by atoms with E-state index in [9.17, 15) is 9.18 Å². The third-order valence-electron chi connectivity index (χ3n) is 2.02. The number of hydrogen-bond acceptors (Lipinski definition) is 4. The minimum absolute atomic E-state index is 0.104. The van der Waals surface area contributed by atoms with Crippen LogP contribution in [-0.2, 0) is 9.47 Å². The zero-order valence-electron chi connectivity index (χ0n) is 9.74.